The summed E-state index contributed by atoms with van der Waals surface area (Å²) in [6, 6.07) is 17.7. The standard InChI is InChI=1S/C26H24ClN3O5S/c1-3-16-7-9-19(10-8-16)28-26-29-25(31)23(36-26)14-18-12-21(27)24(22(13-18)34-2)35-15-17-5-4-6-20(11-17)30(32)33/h4-14,26,28H,3,15H2,1-2H3,(H,29,31)/b23-14-/t26-/m0/s1. The van der Waals surface area contributed by atoms with Crippen LogP contribution in [0.5, 0.6) is 11.5 Å². The van der Waals surface area contributed by atoms with Gasteiger partial charge in [-0.1, -0.05) is 54.6 Å². The number of ether oxygens (including phenoxy) is 2. The predicted octanol–water partition coefficient (Wildman–Crippen LogP) is 6.00. The molecule has 1 heterocycles. The SMILES string of the molecule is CCc1ccc(N[C@H]2NC(=O)/C(=C/c3cc(Cl)c(OCc4cccc([N+](=O)[O-])c4)c(OC)c3)S2)cc1. The fourth-order valence-corrected chi connectivity index (χ4v) is 4.84. The highest BCUT2D eigenvalue weighted by atomic mass is 35.5. The molecule has 0 bridgehead atoms. The molecule has 1 atom stereocenters. The molecule has 36 heavy (non-hydrogen) atoms. The third-order valence-corrected chi connectivity index (χ3v) is 6.75. The van der Waals surface area contributed by atoms with E-state index in [0.717, 1.165) is 12.1 Å². The van der Waals surface area contributed by atoms with Crippen molar-refractivity contribution in [3.63, 3.8) is 0 Å². The van der Waals surface area contributed by atoms with E-state index in [1.165, 1.54) is 36.6 Å². The summed E-state index contributed by atoms with van der Waals surface area (Å²) in [5.41, 5.74) is 3.13. The number of benzene rings is 3. The quantitative estimate of drug-likeness (QED) is 0.201. The number of nitro groups is 1. The van der Waals surface area contributed by atoms with E-state index in [0.29, 0.717) is 32.6 Å². The largest absolute Gasteiger partial charge is 0.493 e. The van der Waals surface area contributed by atoms with Crippen LogP contribution in [0.4, 0.5) is 11.4 Å². The van der Waals surface area contributed by atoms with Crippen LogP contribution < -0.4 is 20.1 Å². The van der Waals surface area contributed by atoms with E-state index in [4.69, 9.17) is 21.1 Å². The maximum Gasteiger partial charge on any atom is 0.269 e. The van der Waals surface area contributed by atoms with Crippen molar-refractivity contribution in [1.82, 2.24) is 5.32 Å². The van der Waals surface area contributed by atoms with E-state index in [1.54, 1.807) is 30.3 Å². The normalized spacial score (nSPS) is 16.0. The first kappa shape index (κ1) is 25.4. The summed E-state index contributed by atoms with van der Waals surface area (Å²) in [6.45, 7) is 2.17. The number of nitrogens with zero attached hydrogens (tertiary/aromatic N) is 1. The third kappa shape index (κ3) is 6.10. The van der Waals surface area contributed by atoms with E-state index < -0.39 is 4.92 Å². The van der Waals surface area contributed by atoms with Crippen LogP contribution in [0.1, 0.15) is 23.6 Å². The number of aryl methyl sites for hydroxylation is 1. The van der Waals surface area contributed by atoms with Crippen LogP contribution >= 0.6 is 23.4 Å². The number of methoxy groups -OCH3 is 1. The molecule has 186 valence electrons. The monoisotopic (exact) mass is 525 g/mol. The summed E-state index contributed by atoms with van der Waals surface area (Å²) < 4.78 is 11.3. The molecular weight excluding hydrogens is 502 g/mol. The van der Waals surface area contributed by atoms with Crippen molar-refractivity contribution in [2.75, 3.05) is 12.4 Å². The number of hydrogen-bond acceptors (Lipinski definition) is 7. The first-order valence-corrected chi connectivity index (χ1v) is 12.4. The summed E-state index contributed by atoms with van der Waals surface area (Å²) in [5.74, 6) is 0.504. The average Bonchev–Trinajstić information content (AvgIpc) is 3.21. The zero-order valence-corrected chi connectivity index (χ0v) is 21.2. The molecule has 0 saturated carbocycles. The number of anilines is 1. The molecule has 0 spiro atoms. The molecule has 2 N–H and O–H groups in total. The third-order valence-electron chi connectivity index (χ3n) is 5.44. The van der Waals surface area contributed by atoms with Crippen molar-refractivity contribution in [2.45, 2.75) is 25.4 Å². The van der Waals surface area contributed by atoms with Crippen molar-refractivity contribution in [3.8, 4) is 11.5 Å². The summed E-state index contributed by atoms with van der Waals surface area (Å²) in [6.07, 6.45) is 2.70. The van der Waals surface area contributed by atoms with E-state index in [9.17, 15) is 14.9 Å². The molecular formula is C26H24ClN3O5S. The van der Waals surface area contributed by atoms with Gasteiger partial charge < -0.3 is 20.1 Å². The molecule has 0 radical (unpaired) electrons. The fourth-order valence-electron chi connectivity index (χ4n) is 3.58. The van der Waals surface area contributed by atoms with Crippen molar-refractivity contribution in [1.29, 1.82) is 0 Å². The number of non-ortho nitro benzene ring substituents is 1. The second-order valence-corrected chi connectivity index (χ2v) is 9.48. The maximum atomic E-state index is 12.5. The number of carbonyl (C=O) groups is 1. The van der Waals surface area contributed by atoms with E-state index in [2.05, 4.69) is 29.7 Å². The molecule has 3 aromatic rings. The minimum absolute atomic E-state index is 0.0192. The molecule has 0 aromatic heterocycles. The topological polar surface area (TPSA) is 103 Å². The lowest BCUT2D eigenvalue weighted by Gasteiger charge is -2.14. The molecule has 3 aromatic carbocycles. The molecule has 4 rings (SSSR count). The van der Waals surface area contributed by atoms with Gasteiger partial charge in [-0.2, -0.15) is 0 Å². The van der Waals surface area contributed by atoms with Gasteiger partial charge in [0.15, 0.2) is 17.0 Å². The number of nitrogens with one attached hydrogen (secondary N) is 2. The number of amides is 1. The predicted molar refractivity (Wildman–Crippen MR) is 142 cm³/mol. The van der Waals surface area contributed by atoms with Crippen LogP contribution in [0.15, 0.2) is 65.6 Å². The molecule has 1 aliphatic rings. The van der Waals surface area contributed by atoms with Gasteiger partial charge >= 0.3 is 0 Å². The summed E-state index contributed by atoms with van der Waals surface area (Å²) in [5, 5.41) is 17.5. The average molecular weight is 526 g/mol. The Balaban J connectivity index is 1.47. The lowest BCUT2D eigenvalue weighted by Crippen LogP contribution is -2.30. The van der Waals surface area contributed by atoms with Crippen LogP contribution in [-0.2, 0) is 17.8 Å². The highest BCUT2D eigenvalue weighted by Gasteiger charge is 2.27. The van der Waals surface area contributed by atoms with Crippen LogP contribution in [0.2, 0.25) is 5.02 Å². The molecule has 0 unspecified atom stereocenters. The number of nitro benzene ring substituents is 1. The smallest absolute Gasteiger partial charge is 0.269 e. The van der Waals surface area contributed by atoms with E-state index >= 15 is 0 Å². The lowest BCUT2D eigenvalue weighted by molar-refractivity contribution is -0.384. The van der Waals surface area contributed by atoms with Crippen molar-refractivity contribution in [3.05, 3.63) is 97.4 Å². The summed E-state index contributed by atoms with van der Waals surface area (Å²) >= 11 is 7.85. The van der Waals surface area contributed by atoms with Gasteiger partial charge in [-0.25, -0.2) is 0 Å². The van der Waals surface area contributed by atoms with Gasteiger partial charge in [-0.3, -0.25) is 14.9 Å². The highest BCUT2D eigenvalue weighted by Crippen LogP contribution is 2.39. The molecule has 0 aliphatic carbocycles. The molecule has 8 nitrogen and oxygen atoms in total. The van der Waals surface area contributed by atoms with Crippen LogP contribution in [-0.4, -0.2) is 23.4 Å². The van der Waals surface area contributed by atoms with Crippen molar-refractivity contribution in [2.24, 2.45) is 0 Å². The van der Waals surface area contributed by atoms with E-state index in [1.807, 2.05) is 12.1 Å². The number of carbonyl (C=O) groups excluding carboxylic acids is 1. The minimum atomic E-state index is -0.460. The molecule has 1 saturated heterocycles. The second kappa shape index (κ2) is 11.4. The van der Waals surface area contributed by atoms with Crippen LogP contribution in [0, 0.1) is 10.1 Å². The van der Waals surface area contributed by atoms with Gasteiger partial charge in [0.2, 0.25) is 0 Å². The Labute approximate surface area is 217 Å². The Morgan fingerprint density at radius 1 is 1.17 bits per heavy atom. The Morgan fingerprint density at radius 3 is 2.64 bits per heavy atom. The van der Waals surface area contributed by atoms with Gasteiger partial charge in [0.05, 0.1) is 22.0 Å². The summed E-state index contributed by atoms with van der Waals surface area (Å²) in [7, 11) is 1.49. The molecule has 10 heteroatoms. The Morgan fingerprint density at radius 2 is 1.94 bits per heavy atom. The maximum absolute atomic E-state index is 12.5. The molecule has 1 amide bonds. The minimum Gasteiger partial charge on any atom is -0.493 e. The first-order chi connectivity index (χ1) is 17.4. The first-order valence-electron chi connectivity index (χ1n) is 11.1. The zero-order valence-electron chi connectivity index (χ0n) is 19.6. The highest BCUT2D eigenvalue weighted by molar-refractivity contribution is 8.05. The van der Waals surface area contributed by atoms with E-state index in [-0.39, 0.29) is 23.7 Å². The van der Waals surface area contributed by atoms with Gasteiger partial charge in [0, 0.05) is 17.8 Å². The Kier molecular flexibility index (Phi) is 8.02. The molecule has 1 fully saturated rings. The Bertz CT molecular complexity index is 1310. The number of hydrogen-bond donors (Lipinski definition) is 2. The fraction of sp³-hybridized carbons (Fsp3) is 0.192. The van der Waals surface area contributed by atoms with Gasteiger partial charge in [0.25, 0.3) is 11.6 Å². The van der Waals surface area contributed by atoms with Crippen molar-refractivity contribution >= 4 is 46.7 Å². The number of halogens is 1. The van der Waals surface area contributed by atoms with Gasteiger partial charge in [-0.05, 0) is 53.5 Å². The van der Waals surface area contributed by atoms with Crippen molar-refractivity contribution < 1.29 is 19.2 Å². The number of rotatable bonds is 9. The number of thioether (sulfide) groups is 1. The zero-order chi connectivity index (χ0) is 25.7. The second-order valence-electron chi connectivity index (χ2n) is 7.92. The summed E-state index contributed by atoms with van der Waals surface area (Å²) in [4.78, 5) is 23.6. The van der Waals surface area contributed by atoms with Crippen LogP contribution in [0.25, 0.3) is 6.08 Å². The van der Waals surface area contributed by atoms with Gasteiger partial charge in [-0.15, -0.1) is 0 Å². The molecule has 1 aliphatic heterocycles. The lowest BCUT2D eigenvalue weighted by atomic mass is 10.1. The Hall–Kier alpha value is -3.69. The van der Waals surface area contributed by atoms with Crippen LogP contribution in [0.3, 0.4) is 0 Å². The van der Waals surface area contributed by atoms with Gasteiger partial charge in [0.1, 0.15) is 6.61 Å².